The van der Waals surface area contributed by atoms with Gasteiger partial charge in [0.25, 0.3) is 0 Å². The summed E-state index contributed by atoms with van der Waals surface area (Å²) in [4.78, 5) is 17.7. The number of carboxylic acids is 1. The average Bonchev–Trinajstić information content (AvgIpc) is 2.80. The van der Waals surface area contributed by atoms with E-state index in [9.17, 15) is 4.79 Å². The molecule has 5 nitrogen and oxygen atoms in total. The molecule has 2 N–H and O–H groups in total. The van der Waals surface area contributed by atoms with Crippen LogP contribution < -0.4 is 4.74 Å². The number of H-pyrrole nitrogens is 1. The van der Waals surface area contributed by atoms with Crippen molar-refractivity contribution in [2.75, 3.05) is 0 Å². The largest absolute Gasteiger partial charge is 0.491 e. The van der Waals surface area contributed by atoms with Gasteiger partial charge in [0.05, 0.1) is 12.4 Å². The average molecular weight is 260 g/mol. The summed E-state index contributed by atoms with van der Waals surface area (Å²) in [7, 11) is 0. The van der Waals surface area contributed by atoms with Gasteiger partial charge in [0.2, 0.25) is 0 Å². The van der Waals surface area contributed by atoms with Gasteiger partial charge in [-0.2, -0.15) is 0 Å². The number of aromatic amines is 1. The van der Waals surface area contributed by atoms with Crippen LogP contribution in [0.2, 0.25) is 0 Å². The fraction of sp³-hybridized carbons (Fsp3) is 0.286. The molecular weight excluding hydrogens is 244 g/mol. The first kappa shape index (κ1) is 13.1. The van der Waals surface area contributed by atoms with E-state index in [4.69, 9.17) is 9.84 Å². The molecule has 0 saturated heterocycles. The number of aromatic carboxylic acids is 1. The maximum Gasteiger partial charge on any atom is 0.354 e. The second-order valence-electron chi connectivity index (χ2n) is 4.58. The Morgan fingerprint density at radius 2 is 2.16 bits per heavy atom. The summed E-state index contributed by atoms with van der Waals surface area (Å²) in [6.45, 7) is 5.85. The molecule has 19 heavy (non-hydrogen) atoms. The number of rotatable bonds is 4. The summed E-state index contributed by atoms with van der Waals surface area (Å²) in [6, 6.07) is 5.53. The molecule has 0 saturated carbocycles. The van der Waals surface area contributed by atoms with Crippen LogP contribution in [0.3, 0.4) is 0 Å². The molecule has 100 valence electrons. The van der Waals surface area contributed by atoms with Crippen molar-refractivity contribution in [2.45, 2.75) is 26.9 Å². The van der Waals surface area contributed by atoms with Gasteiger partial charge < -0.3 is 14.8 Å². The van der Waals surface area contributed by atoms with Gasteiger partial charge in [-0.05, 0) is 44.5 Å². The minimum atomic E-state index is -1.02. The van der Waals surface area contributed by atoms with Crippen LogP contribution in [0.15, 0.2) is 24.5 Å². The van der Waals surface area contributed by atoms with Crippen LogP contribution >= 0.6 is 0 Å². The Morgan fingerprint density at radius 1 is 1.42 bits per heavy atom. The zero-order valence-electron chi connectivity index (χ0n) is 11.1. The summed E-state index contributed by atoms with van der Waals surface area (Å²) in [5, 5.41) is 9.06. The number of imidazole rings is 1. The van der Waals surface area contributed by atoms with Crippen molar-refractivity contribution >= 4 is 5.97 Å². The van der Waals surface area contributed by atoms with Gasteiger partial charge >= 0.3 is 5.97 Å². The number of aromatic nitrogens is 2. The third-order valence-corrected chi connectivity index (χ3v) is 2.66. The van der Waals surface area contributed by atoms with Crippen LogP contribution in [-0.4, -0.2) is 27.1 Å². The summed E-state index contributed by atoms with van der Waals surface area (Å²) in [5.74, 6) is -0.223. The standard InChI is InChI=1S/C14H16N2O3/c1-8(2)19-11-5-4-10(6-9(11)3)12-13(14(17)18)16-7-15-12/h4-8H,1-3H3,(H,15,16)(H,17,18). The van der Waals surface area contributed by atoms with Crippen molar-refractivity contribution in [3.63, 3.8) is 0 Å². The second kappa shape index (κ2) is 5.14. The zero-order valence-corrected chi connectivity index (χ0v) is 11.1. The second-order valence-corrected chi connectivity index (χ2v) is 4.58. The quantitative estimate of drug-likeness (QED) is 0.886. The molecule has 1 aromatic heterocycles. The number of hydrogen-bond acceptors (Lipinski definition) is 3. The first-order valence-electron chi connectivity index (χ1n) is 6.03. The number of aryl methyl sites for hydroxylation is 1. The first-order chi connectivity index (χ1) is 8.99. The Kier molecular flexibility index (Phi) is 3.55. The van der Waals surface area contributed by atoms with E-state index in [2.05, 4.69) is 9.97 Å². The van der Waals surface area contributed by atoms with Crippen molar-refractivity contribution in [1.29, 1.82) is 0 Å². The molecule has 0 unspecified atom stereocenters. The van der Waals surface area contributed by atoms with E-state index < -0.39 is 5.97 Å². The molecule has 2 aromatic rings. The van der Waals surface area contributed by atoms with Crippen molar-refractivity contribution in [2.24, 2.45) is 0 Å². The Bertz CT molecular complexity index is 602. The van der Waals surface area contributed by atoms with Crippen LogP contribution in [0.5, 0.6) is 5.75 Å². The van der Waals surface area contributed by atoms with Crippen molar-refractivity contribution in [3.8, 4) is 17.0 Å². The third-order valence-electron chi connectivity index (χ3n) is 2.66. The lowest BCUT2D eigenvalue weighted by Gasteiger charge is -2.13. The molecule has 0 spiro atoms. The molecule has 0 radical (unpaired) electrons. The van der Waals surface area contributed by atoms with Crippen LogP contribution in [0.25, 0.3) is 11.3 Å². The maximum atomic E-state index is 11.1. The van der Waals surface area contributed by atoms with E-state index in [1.165, 1.54) is 6.33 Å². The Labute approximate surface area is 111 Å². The molecule has 0 fully saturated rings. The van der Waals surface area contributed by atoms with Crippen LogP contribution in [0.4, 0.5) is 0 Å². The molecule has 0 aliphatic carbocycles. The summed E-state index contributed by atoms with van der Waals surface area (Å²) >= 11 is 0. The monoisotopic (exact) mass is 260 g/mol. The smallest absolute Gasteiger partial charge is 0.354 e. The predicted molar refractivity (Wildman–Crippen MR) is 71.5 cm³/mol. The van der Waals surface area contributed by atoms with E-state index in [1.54, 1.807) is 0 Å². The fourth-order valence-electron chi connectivity index (χ4n) is 1.86. The molecule has 5 heteroatoms. The van der Waals surface area contributed by atoms with E-state index in [0.717, 1.165) is 16.9 Å². The molecule has 1 aromatic carbocycles. The van der Waals surface area contributed by atoms with Crippen LogP contribution in [0.1, 0.15) is 29.9 Å². The minimum Gasteiger partial charge on any atom is -0.491 e. The first-order valence-corrected chi connectivity index (χ1v) is 6.03. The van der Waals surface area contributed by atoms with Gasteiger partial charge in [0.1, 0.15) is 11.4 Å². The molecular formula is C14H16N2O3. The van der Waals surface area contributed by atoms with Gasteiger partial charge in [-0.1, -0.05) is 0 Å². The van der Waals surface area contributed by atoms with Gasteiger partial charge in [0, 0.05) is 5.56 Å². The summed E-state index contributed by atoms with van der Waals surface area (Å²) in [6.07, 6.45) is 1.48. The molecule has 0 atom stereocenters. The fourth-order valence-corrected chi connectivity index (χ4v) is 1.86. The number of carbonyl (C=O) groups is 1. The van der Waals surface area contributed by atoms with Gasteiger partial charge in [-0.15, -0.1) is 0 Å². The highest BCUT2D eigenvalue weighted by Gasteiger charge is 2.15. The number of carboxylic acid groups (broad SMARTS) is 1. The van der Waals surface area contributed by atoms with Crippen molar-refractivity contribution in [3.05, 3.63) is 35.8 Å². The van der Waals surface area contributed by atoms with Gasteiger partial charge in [-0.25, -0.2) is 9.78 Å². The maximum absolute atomic E-state index is 11.1. The number of nitrogens with zero attached hydrogens (tertiary/aromatic N) is 1. The Balaban J connectivity index is 2.39. The van der Waals surface area contributed by atoms with Crippen molar-refractivity contribution in [1.82, 2.24) is 9.97 Å². The topological polar surface area (TPSA) is 75.2 Å². The lowest BCUT2D eigenvalue weighted by Crippen LogP contribution is -2.06. The normalized spacial score (nSPS) is 10.7. The summed E-state index contributed by atoms with van der Waals surface area (Å²) < 4.78 is 5.65. The van der Waals surface area contributed by atoms with E-state index in [0.29, 0.717) is 5.69 Å². The van der Waals surface area contributed by atoms with Crippen LogP contribution in [-0.2, 0) is 0 Å². The number of ether oxygens (including phenoxy) is 1. The minimum absolute atomic E-state index is 0.0944. The van der Waals surface area contributed by atoms with Gasteiger partial charge in [-0.3, -0.25) is 0 Å². The highest BCUT2D eigenvalue weighted by atomic mass is 16.5. The molecule has 0 bridgehead atoms. The Hall–Kier alpha value is -2.30. The lowest BCUT2D eigenvalue weighted by atomic mass is 10.1. The summed E-state index contributed by atoms with van der Waals surface area (Å²) in [5.41, 5.74) is 2.24. The molecule has 2 rings (SSSR count). The van der Waals surface area contributed by atoms with E-state index >= 15 is 0 Å². The van der Waals surface area contributed by atoms with E-state index in [-0.39, 0.29) is 11.8 Å². The zero-order chi connectivity index (χ0) is 14.0. The van der Waals surface area contributed by atoms with Gasteiger partial charge in [0.15, 0.2) is 5.69 Å². The lowest BCUT2D eigenvalue weighted by molar-refractivity contribution is 0.0692. The molecule has 0 aliphatic heterocycles. The SMILES string of the molecule is Cc1cc(-c2nc[nH]c2C(=O)O)ccc1OC(C)C. The number of hydrogen-bond donors (Lipinski definition) is 2. The van der Waals surface area contributed by atoms with Crippen molar-refractivity contribution < 1.29 is 14.6 Å². The molecule has 0 aliphatic rings. The predicted octanol–water partition coefficient (Wildman–Crippen LogP) is 2.87. The Morgan fingerprint density at radius 3 is 2.74 bits per heavy atom. The molecule has 0 amide bonds. The third kappa shape index (κ3) is 2.76. The highest BCUT2D eigenvalue weighted by molar-refractivity contribution is 5.92. The van der Waals surface area contributed by atoms with E-state index in [1.807, 2.05) is 39.0 Å². The van der Waals surface area contributed by atoms with Crippen LogP contribution in [0, 0.1) is 6.92 Å². The number of nitrogens with one attached hydrogen (secondary N) is 1. The number of benzene rings is 1. The highest BCUT2D eigenvalue weighted by Crippen LogP contribution is 2.27. The molecule has 1 heterocycles.